The van der Waals surface area contributed by atoms with Gasteiger partial charge in [-0.3, -0.25) is 9.59 Å². The molecule has 7 nitrogen and oxygen atoms in total. The standard InChI is InChI=1S/C20H17N5O2S/c1-2-25-19-15(11-22-25)14(10-16(24-19)17-4-3-9-28-17)20(27)23-13-7-5-12(6-8-13)18(21)26/h3-11H,2H2,1H3,(H2,21,26)(H,23,27). The van der Waals surface area contributed by atoms with Crippen molar-refractivity contribution in [2.45, 2.75) is 13.5 Å². The van der Waals surface area contributed by atoms with Crippen LogP contribution in [0.2, 0.25) is 0 Å². The minimum atomic E-state index is -0.513. The average Bonchev–Trinajstić information content (AvgIpc) is 3.37. The summed E-state index contributed by atoms with van der Waals surface area (Å²) < 4.78 is 1.77. The summed E-state index contributed by atoms with van der Waals surface area (Å²) in [6.45, 7) is 2.63. The molecule has 0 saturated carbocycles. The zero-order valence-electron chi connectivity index (χ0n) is 15.0. The quantitative estimate of drug-likeness (QED) is 0.543. The number of amides is 2. The molecule has 0 aliphatic heterocycles. The molecule has 0 aliphatic rings. The number of hydrogen-bond donors (Lipinski definition) is 2. The monoisotopic (exact) mass is 391 g/mol. The molecule has 3 N–H and O–H groups in total. The average molecular weight is 391 g/mol. The van der Waals surface area contributed by atoms with Gasteiger partial charge in [-0.05, 0) is 48.7 Å². The third-order valence-electron chi connectivity index (χ3n) is 4.35. The number of nitrogens with two attached hydrogens (primary N) is 1. The van der Waals surface area contributed by atoms with E-state index in [1.54, 1.807) is 52.5 Å². The molecule has 0 fully saturated rings. The molecule has 0 atom stereocenters. The normalized spacial score (nSPS) is 10.9. The molecular formula is C20H17N5O2S. The number of anilines is 1. The Labute approximate surface area is 164 Å². The molecule has 4 rings (SSSR count). The highest BCUT2D eigenvalue weighted by Gasteiger charge is 2.18. The zero-order valence-corrected chi connectivity index (χ0v) is 15.9. The van der Waals surface area contributed by atoms with Crippen molar-refractivity contribution in [3.8, 4) is 10.6 Å². The second kappa shape index (κ2) is 7.24. The smallest absolute Gasteiger partial charge is 0.256 e. The molecule has 3 aromatic heterocycles. The summed E-state index contributed by atoms with van der Waals surface area (Å²) >= 11 is 1.56. The van der Waals surface area contributed by atoms with Gasteiger partial charge in [0.1, 0.15) is 0 Å². The first-order valence-corrected chi connectivity index (χ1v) is 9.56. The topological polar surface area (TPSA) is 103 Å². The predicted molar refractivity (Wildman–Crippen MR) is 109 cm³/mol. The minimum Gasteiger partial charge on any atom is -0.366 e. The number of fused-ring (bicyclic) bond motifs is 1. The van der Waals surface area contributed by atoms with Crippen molar-refractivity contribution in [1.29, 1.82) is 0 Å². The molecule has 28 heavy (non-hydrogen) atoms. The largest absolute Gasteiger partial charge is 0.366 e. The minimum absolute atomic E-state index is 0.271. The molecule has 0 spiro atoms. The van der Waals surface area contributed by atoms with E-state index in [2.05, 4.69) is 10.4 Å². The van der Waals surface area contributed by atoms with Crippen LogP contribution in [-0.4, -0.2) is 26.6 Å². The van der Waals surface area contributed by atoms with E-state index in [0.717, 1.165) is 10.6 Å². The zero-order chi connectivity index (χ0) is 19.7. The molecule has 0 radical (unpaired) electrons. The van der Waals surface area contributed by atoms with Gasteiger partial charge in [-0.15, -0.1) is 11.3 Å². The lowest BCUT2D eigenvalue weighted by molar-refractivity contribution is 0.0998. The van der Waals surface area contributed by atoms with Gasteiger partial charge in [0.2, 0.25) is 5.91 Å². The number of primary amides is 1. The molecule has 8 heteroatoms. The number of nitrogens with zero attached hydrogens (tertiary/aromatic N) is 3. The molecule has 0 saturated heterocycles. The molecule has 4 aromatic rings. The van der Waals surface area contributed by atoms with E-state index in [-0.39, 0.29) is 5.91 Å². The summed E-state index contributed by atoms with van der Waals surface area (Å²) in [7, 11) is 0. The van der Waals surface area contributed by atoms with Crippen LogP contribution in [0.25, 0.3) is 21.6 Å². The van der Waals surface area contributed by atoms with Crippen LogP contribution >= 0.6 is 11.3 Å². The third-order valence-corrected chi connectivity index (χ3v) is 5.25. The highest BCUT2D eigenvalue weighted by atomic mass is 32.1. The molecule has 0 unspecified atom stereocenters. The fourth-order valence-corrected chi connectivity index (χ4v) is 3.62. The first-order valence-electron chi connectivity index (χ1n) is 8.68. The van der Waals surface area contributed by atoms with Gasteiger partial charge in [0.25, 0.3) is 5.91 Å². The van der Waals surface area contributed by atoms with Gasteiger partial charge in [0.15, 0.2) is 5.65 Å². The molecule has 2 amide bonds. The van der Waals surface area contributed by atoms with E-state index < -0.39 is 5.91 Å². The van der Waals surface area contributed by atoms with Crippen molar-refractivity contribution in [2.24, 2.45) is 5.73 Å². The maximum Gasteiger partial charge on any atom is 0.256 e. The fourth-order valence-electron chi connectivity index (χ4n) is 2.93. The predicted octanol–water partition coefficient (Wildman–Crippen LogP) is 3.53. The maximum absolute atomic E-state index is 13.0. The van der Waals surface area contributed by atoms with Crippen molar-refractivity contribution < 1.29 is 9.59 Å². The second-order valence-electron chi connectivity index (χ2n) is 6.13. The van der Waals surface area contributed by atoms with Gasteiger partial charge in [0, 0.05) is 17.8 Å². The van der Waals surface area contributed by atoms with E-state index in [9.17, 15) is 9.59 Å². The summed E-state index contributed by atoms with van der Waals surface area (Å²) in [5.74, 6) is -0.783. The van der Waals surface area contributed by atoms with Crippen LogP contribution in [0.15, 0.2) is 54.0 Å². The number of aryl methyl sites for hydroxylation is 1. The number of aromatic nitrogens is 3. The van der Waals surface area contributed by atoms with Crippen molar-refractivity contribution in [1.82, 2.24) is 14.8 Å². The van der Waals surface area contributed by atoms with Crippen molar-refractivity contribution in [2.75, 3.05) is 5.32 Å². The Bertz CT molecular complexity index is 1160. The summed E-state index contributed by atoms with van der Waals surface area (Å²) in [6, 6.07) is 12.1. The second-order valence-corrected chi connectivity index (χ2v) is 7.07. The highest BCUT2D eigenvalue weighted by molar-refractivity contribution is 7.13. The summed E-state index contributed by atoms with van der Waals surface area (Å²) in [4.78, 5) is 29.9. The number of rotatable bonds is 5. The Morgan fingerprint density at radius 1 is 1.21 bits per heavy atom. The van der Waals surface area contributed by atoms with Crippen LogP contribution in [0.4, 0.5) is 5.69 Å². The number of carbonyl (C=O) groups excluding carboxylic acids is 2. The van der Waals surface area contributed by atoms with Gasteiger partial charge in [0.05, 0.1) is 27.7 Å². The number of thiophene rings is 1. The first-order chi connectivity index (χ1) is 13.6. The molecule has 140 valence electrons. The number of nitrogens with one attached hydrogen (secondary N) is 1. The van der Waals surface area contributed by atoms with E-state index in [1.807, 2.05) is 24.4 Å². The Hall–Kier alpha value is -3.52. The molecular weight excluding hydrogens is 374 g/mol. The highest BCUT2D eigenvalue weighted by Crippen LogP contribution is 2.28. The van der Waals surface area contributed by atoms with E-state index in [0.29, 0.717) is 34.4 Å². The van der Waals surface area contributed by atoms with Gasteiger partial charge < -0.3 is 11.1 Å². The van der Waals surface area contributed by atoms with E-state index >= 15 is 0 Å². The van der Waals surface area contributed by atoms with Crippen molar-refractivity contribution >= 4 is 39.9 Å². The third kappa shape index (κ3) is 3.25. The molecule has 1 aromatic carbocycles. The Balaban J connectivity index is 1.75. The van der Waals surface area contributed by atoms with Crippen LogP contribution in [0.3, 0.4) is 0 Å². The van der Waals surface area contributed by atoms with Gasteiger partial charge in [-0.25, -0.2) is 9.67 Å². The maximum atomic E-state index is 13.0. The Kier molecular flexibility index (Phi) is 4.62. The van der Waals surface area contributed by atoms with E-state index in [4.69, 9.17) is 10.7 Å². The summed E-state index contributed by atoms with van der Waals surface area (Å²) in [5, 5.41) is 9.87. The molecule has 0 bridgehead atoms. The summed E-state index contributed by atoms with van der Waals surface area (Å²) in [6.07, 6.45) is 1.66. The van der Waals surface area contributed by atoms with Crippen LogP contribution in [0.1, 0.15) is 27.6 Å². The molecule has 3 heterocycles. The molecule has 0 aliphatic carbocycles. The SMILES string of the molecule is CCn1ncc2c(C(=O)Nc3ccc(C(N)=O)cc3)cc(-c3cccs3)nc21. The Morgan fingerprint density at radius 3 is 2.64 bits per heavy atom. The fraction of sp³-hybridized carbons (Fsp3) is 0.100. The first kappa shape index (κ1) is 17.9. The number of carbonyl (C=O) groups is 2. The van der Waals surface area contributed by atoms with Gasteiger partial charge in [-0.1, -0.05) is 6.07 Å². The van der Waals surface area contributed by atoms with Crippen LogP contribution < -0.4 is 11.1 Å². The lowest BCUT2D eigenvalue weighted by Crippen LogP contribution is -2.14. The van der Waals surface area contributed by atoms with Crippen LogP contribution in [-0.2, 0) is 6.54 Å². The lowest BCUT2D eigenvalue weighted by Gasteiger charge is -2.09. The van der Waals surface area contributed by atoms with Crippen molar-refractivity contribution in [3.05, 3.63) is 65.2 Å². The van der Waals surface area contributed by atoms with Crippen LogP contribution in [0, 0.1) is 0 Å². The lowest BCUT2D eigenvalue weighted by atomic mass is 10.1. The number of hydrogen-bond acceptors (Lipinski definition) is 5. The number of pyridine rings is 1. The van der Waals surface area contributed by atoms with Crippen molar-refractivity contribution in [3.63, 3.8) is 0 Å². The van der Waals surface area contributed by atoms with Crippen LogP contribution in [0.5, 0.6) is 0 Å². The number of benzene rings is 1. The van der Waals surface area contributed by atoms with E-state index in [1.165, 1.54) is 0 Å². The van der Waals surface area contributed by atoms with Gasteiger partial charge >= 0.3 is 0 Å². The summed E-state index contributed by atoms with van der Waals surface area (Å²) in [5.41, 5.74) is 8.10. The Morgan fingerprint density at radius 2 is 2.00 bits per heavy atom. The van der Waals surface area contributed by atoms with Gasteiger partial charge in [-0.2, -0.15) is 5.10 Å².